The Kier molecular flexibility index (Phi) is 6.70. The molecule has 162 valence electrons. The Balaban J connectivity index is 1.36. The van der Waals surface area contributed by atoms with E-state index in [1.807, 2.05) is 0 Å². The third kappa shape index (κ3) is 6.28. The van der Waals surface area contributed by atoms with Gasteiger partial charge in [0.1, 0.15) is 11.6 Å². The van der Waals surface area contributed by atoms with Crippen molar-refractivity contribution in [3.8, 4) is 5.75 Å². The monoisotopic (exact) mass is 429 g/mol. The highest BCUT2D eigenvalue weighted by atomic mass is 19.4. The van der Waals surface area contributed by atoms with Gasteiger partial charge in [-0.1, -0.05) is 12.6 Å². The molecule has 1 aliphatic rings. The Morgan fingerprint density at radius 3 is 2.77 bits per heavy atom. The van der Waals surface area contributed by atoms with Gasteiger partial charge in [0.15, 0.2) is 6.61 Å². The van der Waals surface area contributed by atoms with Gasteiger partial charge >= 0.3 is 6.36 Å². The van der Waals surface area contributed by atoms with E-state index in [4.69, 9.17) is 9.15 Å². The highest BCUT2D eigenvalue weighted by Crippen LogP contribution is 2.41. The van der Waals surface area contributed by atoms with E-state index in [9.17, 15) is 22.4 Å². The van der Waals surface area contributed by atoms with Crippen molar-refractivity contribution in [3.63, 3.8) is 0 Å². The van der Waals surface area contributed by atoms with Crippen molar-refractivity contribution in [2.24, 2.45) is 0 Å². The van der Waals surface area contributed by atoms with Gasteiger partial charge in [0.25, 0.3) is 5.91 Å². The summed E-state index contributed by atoms with van der Waals surface area (Å²) >= 11 is 0. The number of benzene rings is 1. The number of hydrogen-bond donors (Lipinski definition) is 1. The zero-order valence-corrected chi connectivity index (χ0v) is 15.7. The first-order valence-electron chi connectivity index (χ1n) is 9.11. The van der Waals surface area contributed by atoms with Crippen LogP contribution in [0.25, 0.3) is 5.57 Å². The zero-order valence-electron chi connectivity index (χ0n) is 15.7. The third-order valence-corrected chi connectivity index (χ3v) is 4.40. The predicted molar refractivity (Wildman–Crippen MR) is 95.8 cm³/mol. The number of carbonyl (C=O) groups excluding carboxylic acids is 1. The van der Waals surface area contributed by atoms with Crippen molar-refractivity contribution >= 4 is 11.5 Å². The summed E-state index contributed by atoms with van der Waals surface area (Å²) in [5.74, 6) is -0.508. The Hall–Kier alpha value is -2.95. The number of amides is 1. The lowest BCUT2D eigenvalue weighted by Crippen LogP contribution is -2.34. The van der Waals surface area contributed by atoms with E-state index >= 15 is 0 Å². The Morgan fingerprint density at radius 2 is 2.07 bits per heavy atom. The summed E-state index contributed by atoms with van der Waals surface area (Å²) in [6, 6.07) is 5.44. The predicted octanol–water partition coefficient (Wildman–Crippen LogP) is 3.59. The lowest BCUT2D eigenvalue weighted by molar-refractivity contribution is -0.352. The van der Waals surface area contributed by atoms with Crippen molar-refractivity contribution < 1.29 is 36.2 Å². The minimum absolute atomic E-state index is 0.148. The molecule has 1 aliphatic carbocycles. The fourth-order valence-corrected chi connectivity index (χ4v) is 2.81. The quantitative estimate of drug-likeness (QED) is 0.613. The van der Waals surface area contributed by atoms with Gasteiger partial charge in [-0.2, -0.15) is 0 Å². The third-order valence-electron chi connectivity index (χ3n) is 4.40. The molecule has 0 bridgehead atoms. The molecule has 1 aromatic carbocycles. The van der Waals surface area contributed by atoms with E-state index in [-0.39, 0.29) is 49.4 Å². The maximum atomic E-state index is 13.0. The average Bonchev–Trinajstić information content (AvgIpc) is 3.11. The molecule has 0 aliphatic heterocycles. The summed E-state index contributed by atoms with van der Waals surface area (Å²) < 4.78 is 64.1. The number of nitrogens with zero attached hydrogens (tertiary/aromatic N) is 2. The van der Waals surface area contributed by atoms with Gasteiger partial charge in [-0.15, -0.1) is 23.4 Å². The molecule has 0 spiro atoms. The number of ether oxygens (including phenoxy) is 2. The molecule has 0 atom stereocenters. The average molecular weight is 429 g/mol. The van der Waals surface area contributed by atoms with Crippen molar-refractivity contribution in [1.29, 1.82) is 0 Å². The molecule has 0 saturated heterocycles. The fraction of sp³-hybridized carbons (Fsp3) is 0.421. The minimum Gasteiger partial charge on any atom is -0.484 e. The van der Waals surface area contributed by atoms with E-state index in [2.05, 4.69) is 26.8 Å². The van der Waals surface area contributed by atoms with Gasteiger partial charge in [-0.25, -0.2) is 4.39 Å². The van der Waals surface area contributed by atoms with Crippen molar-refractivity contribution in [2.75, 3.05) is 13.2 Å². The van der Waals surface area contributed by atoms with Gasteiger partial charge in [0.2, 0.25) is 11.8 Å². The maximum absolute atomic E-state index is 13.0. The molecule has 30 heavy (non-hydrogen) atoms. The first kappa shape index (κ1) is 21.8. The molecule has 1 fully saturated rings. The van der Waals surface area contributed by atoms with E-state index in [1.54, 1.807) is 0 Å². The zero-order chi connectivity index (χ0) is 21.7. The number of aromatic nitrogens is 2. The molecule has 2 aromatic rings. The number of hydrogen-bond acceptors (Lipinski definition) is 6. The van der Waals surface area contributed by atoms with E-state index in [0.717, 1.165) is 0 Å². The van der Waals surface area contributed by atoms with Gasteiger partial charge in [-0.05, 0) is 31.4 Å². The fourth-order valence-electron chi connectivity index (χ4n) is 2.81. The second-order valence-electron chi connectivity index (χ2n) is 6.75. The van der Waals surface area contributed by atoms with Crippen LogP contribution in [0.1, 0.15) is 37.0 Å². The molecule has 1 N–H and O–H groups in total. The lowest BCUT2D eigenvalue weighted by atomic mass is 9.82. The standard InChI is InChI=1S/C19H19F4N3O4/c1-11(5-6-24-16(27)10-28-14-4-2-3-13(20)9-14)17-25-26-18(29-17)12-7-15(8-12)30-19(21,22)23/h2-4,9,12,15H,1,5-8,10H2,(H,24,27)/t12-,15+. The van der Waals surface area contributed by atoms with Gasteiger partial charge in [0.05, 0.1) is 6.10 Å². The van der Waals surface area contributed by atoms with Crippen LogP contribution in [0.15, 0.2) is 35.3 Å². The molecular formula is C19H19F4N3O4. The number of carbonyl (C=O) groups is 1. The van der Waals surface area contributed by atoms with Crippen LogP contribution >= 0.6 is 0 Å². The second-order valence-corrected chi connectivity index (χ2v) is 6.75. The van der Waals surface area contributed by atoms with E-state index < -0.39 is 24.2 Å². The van der Waals surface area contributed by atoms with E-state index in [1.165, 1.54) is 24.3 Å². The van der Waals surface area contributed by atoms with Gasteiger partial charge in [0, 0.05) is 24.1 Å². The molecule has 0 unspecified atom stereocenters. The maximum Gasteiger partial charge on any atom is 0.522 e. The Morgan fingerprint density at radius 1 is 1.30 bits per heavy atom. The Labute approximate surface area is 169 Å². The molecule has 11 heteroatoms. The second kappa shape index (κ2) is 9.24. The minimum atomic E-state index is -4.66. The molecule has 1 saturated carbocycles. The van der Waals surface area contributed by atoms with Crippen LogP contribution in [0, 0.1) is 5.82 Å². The number of halogens is 4. The molecule has 3 rings (SSSR count). The molecular weight excluding hydrogens is 410 g/mol. The molecule has 1 aromatic heterocycles. The van der Waals surface area contributed by atoms with Crippen LogP contribution in [0.4, 0.5) is 17.6 Å². The molecule has 1 heterocycles. The van der Waals surface area contributed by atoms with Crippen LogP contribution in [-0.2, 0) is 9.53 Å². The molecule has 0 radical (unpaired) electrons. The van der Waals surface area contributed by atoms with Crippen LogP contribution in [0.5, 0.6) is 5.75 Å². The van der Waals surface area contributed by atoms with Crippen LogP contribution in [0.3, 0.4) is 0 Å². The number of alkyl halides is 3. The van der Waals surface area contributed by atoms with Crippen LogP contribution in [0.2, 0.25) is 0 Å². The SMILES string of the molecule is C=C(CCNC(=O)COc1cccc(F)c1)c1nnc([C@H]2C[C@@H](OC(F)(F)F)C2)o1. The molecule has 1 amide bonds. The summed E-state index contributed by atoms with van der Waals surface area (Å²) in [6.07, 6.45) is -4.95. The smallest absolute Gasteiger partial charge is 0.484 e. The largest absolute Gasteiger partial charge is 0.522 e. The number of nitrogens with one attached hydrogen (secondary N) is 1. The highest BCUT2D eigenvalue weighted by Gasteiger charge is 2.42. The lowest BCUT2D eigenvalue weighted by Gasteiger charge is -2.32. The first-order valence-corrected chi connectivity index (χ1v) is 9.11. The summed E-state index contributed by atoms with van der Waals surface area (Å²) in [5, 5.41) is 10.3. The van der Waals surface area contributed by atoms with Crippen LogP contribution in [-0.4, -0.2) is 41.7 Å². The van der Waals surface area contributed by atoms with Crippen LogP contribution < -0.4 is 10.1 Å². The Bertz CT molecular complexity index is 894. The highest BCUT2D eigenvalue weighted by molar-refractivity contribution is 5.77. The summed E-state index contributed by atoms with van der Waals surface area (Å²) in [7, 11) is 0. The normalized spacial score (nSPS) is 18.5. The van der Waals surface area contributed by atoms with Crippen molar-refractivity contribution in [1.82, 2.24) is 15.5 Å². The summed E-state index contributed by atoms with van der Waals surface area (Å²) in [4.78, 5) is 11.8. The van der Waals surface area contributed by atoms with Gasteiger partial charge < -0.3 is 14.5 Å². The van der Waals surface area contributed by atoms with Crippen molar-refractivity contribution in [2.45, 2.75) is 37.6 Å². The summed E-state index contributed by atoms with van der Waals surface area (Å²) in [5.41, 5.74) is 0.475. The molecule has 7 nitrogen and oxygen atoms in total. The van der Waals surface area contributed by atoms with Gasteiger partial charge in [-0.3, -0.25) is 9.53 Å². The topological polar surface area (TPSA) is 86.5 Å². The van der Waals surface area contributed by atoms with E-state index in [0.29, 0.717) is 12.0 Å². The van der Waals surface area contributed by atoms with Crippen molar-refractivity contribution in [3.05, 3.63) is 48.4 Å². The first-order chi connectivity index (χ1) is 14.2. The summed E-state index contributed by atoms with van der Waals surface area (Å²) in [6.45, 7) is 3.77. The number of rotatable bonds is 9.